The minimum atomic E-state index is -0.333. The van der Waals surface area contributed by atoms with E-state index < -0.39 is 0 Å². The number of hydrogen-bond donors (Lipinski definition) is 3. The van der Waals surface area contributed by atoms with Crippen LogP contribution in [0.15, 0.2) is 24.3 Å². The molecule has 0 saturated carbocycles. The third kappa shape index (κ3) is 7.48. The first-order chi connectivity index (χ1) is 10.5. The van der Waals surface area contributed by atoms with Crippen molar-refractivity contribution in [2.75, 3.05) is 13.1 Å². The molecule has 0 bridgehead atoms. The average Bonchev–Trinajstić information content (AvgIpc) is 2.51. The molecule has 5 nitrogen and oxygen atoms in total. The molecule has 0 fully saturated rings. The van der Waals surface area contributed by atoms with Gasteiger partial charge in [0, 0.05) is 0 Å². The summed E-state index contributed by atoms with van der Waals surface area (Å²) in [5.41, 5.74) is 7.57. The van der Waals surface area contributed by atoms with Crippen molar-refractivity contribution in [2.24, 2.45) is 11.7 Å². The summed E-state index contributed by atoms with van der Waals surface area (Å²) in [5.74, 6) is -0.288. The first-order valence-electron chi connectivity index (χ1n) is 7.82. The van der Waals surface area contributed by atoms with Gasteiger partial charge < -0.3 is 16.4 Å². The highest BCUT2D eigenvalue weighted by atomic mass is 35.5. The normalized spacial score (nSPS) is 11.5. The SMILES string of the molecule is CCCc1ccc(C(NC(=O)CNC(=O)CN)C(C)C)cc1.Cl. The third-order valence-corrected chi connectivity index (χ3v) is 3.49. The Bertz CT molecular complexity index is 489. The highest BCUT2D eigenvalue weighted by molar-refractivity contribution is 5.86. The van der Waals surface area contributed by atoms with Crippen LogP contribution in [-0.2, 0) is 16.0 Å². The van der Waals surface area contributed by atoms with Gasteiger partial charge in [-0.2, -0.15) is 0 Å². The maximum atomic E-state index is 12.0. The van der Waals surface area contributed by atoms with Gasteiger partial charge in [-0.3, -0.25) is 9.59 Å². The van der Waals surface area contributed by atoms with E-state index in [0.29, 0.717) is 0 Å². The van der Waals surface area contributed by atoms with E-state index in [9.17, 15) is 9.59 Å². The molecular formula is C17H28ClN3O2. The molecule has 1 atom stereocenters. The van der Waals surface area contributed by atoms with Gasteiger partial charge in [0.2, 0.25) is 11.8 Å². The molecule has 0 radical (unpaired) electrons. The Morgan fingerprint density at radius 2 is 1.74 bits per heavy atom. The van der Waals surface area contributed by atoms with Crippen molar-refractivity contribution >= 4 is 24.2 Å². The molecule has 0 saturated heterocycles. The fraction of sp³-hybridized carbons (Fsp3) is 0.529. The number of nitrogens with one attached hydrogen (secondary N) is 2. The van der Waals surface area contributed by atoms with Crippen molar-refractivity contribution in [2.45, 2.75) is 39.7 Å². The molecule has 130 valence electrons. The van der Waals surface area contributed by atoms with Crippen LogP contribution in [0.5, 0.6) is 0 Å². The molecule has 1 aromatic carbocycles. The van der Waals surface area contributed by atoms with E-state index in [0.717, 1.165) is 18.4 Å². The van der Waals surface area contributed by atoms with Gasteiger partial charge in [0.05, 0.1) is 19.1 Å². The number of rotatable bonds is 8. The molecule has 0 spiro atoms. The molecule has 1 aromatic rings. The zero-order valence-corrected chi connectivity index (χ0v) is 14.9. The lowest BCUT2D eigenvalue weighted by Gasteiger charge is -2.23. The summed E-state index contributed by atoms with van der Waals surface area (Å²) in [4.78, 5) is 23.0. The van der Waals surface area contributed by atoms with Crippen LogP contribution in [-0.4, -0.2) is 24.9 Å². The zero-order chi connectivity index (χ0) is 16.5. The lowest BCUT2D eigenvalue weighted by molar-refractivity contribution is -0.126. The van der Waals surface area contributed by atoms with E-state index in [2.05, 4.69) is 55.7 Å². The van der Waals surface area contributed by atoms with E-state index in [4.69, 9.17) is 5.73 Å². The summed E-state index contributed by atoms with van der Waals surface area (Å²) in [6.07, 6.45) is 2.18. The largest absolute Gasteiger partial charge is 0.348 e. The van der Waals surface area contributed by atoms with Gasteiger partial charge >= 0.3 is 0 Å². The number of carbonyl (C=O) groups is 2. The van der Waals surface area contributed by atoms with Crippen molar-refractivity contribution in [3.63, 3.8) is 0 Å². The van der Waals surface area contributed by atoms with E-state index in [-0.39, 0.29) is 49.3 Å². The van der Waals surface area contributed by atoms with Gasteiger partial charge in [-0.25, -0.2) is 0 Å². The van der Waals surface area contributed by atoms with Crippen LogP contribution >= 0.6 is 12.4 Å². The standard InChI is InChI=1S/C17H27N3O2.ClH/c1-4-5-13-6-8-14(9-7-13)17(12(2)3)20-16(22)11-19-15(21)10-18;/h6-9,12,17H,4-5,10-11,18H2,1-3H3,(H,19,21)(H,20,22);1H. The Hall–Kier alpha value is -1.59. The Kier molecular flexibility index (Phi) is 10.3. The molecular weight excluding hydrogens is 314 g/mol. The van der Waals surface area contributed by atoms with Crippen molar-refractivity contribution in [3.8, 4) is 0 Å². The predicted octanol–water partition coefficient (Wildman–Crippen LogP) is 1.95. The van der Waals surface area contributed by atoms with Gasteiger partial charge in [0.25, 0.3) is 0 Å². The van der Waals surface area contributed by atoms with Gasteiger partial charge in [-0.05, 0) is 23.5 Å². The molecule has 1 unspecified atom stereocenters. The van der Waals surface area contributed by atoms with Crippen LogP contribution in [0.25, 0.3) is 0 Å². The van der Waals surface area contributed by atoms with Crippen LogP contribution in [0.4, 0.5) is 0 Å². The molecule has 23 heavy (non-hydrogen) atoms. The van der Waals surface area contributed by atoms with Crippen molar-refractivity contribution < 1.29 is 9.59 Å². The van der Waals surface area contributed by atoms with Gasteiger partial charge in [-0.15, -0.1) is 12.4 Å². The number of benzene rings is 1. The number of aryl methyl sites for hydroxylation is 1. The Morgan fingerprint density at radius 3 is 2.22 bits per heavy atom. The first-order valence-corrected chi connectivity index (χ1v) is 7.82. The Balaban J connectivity index is 0.00000484. The smallest absolute Gasteiger partial charge is 0.239 e. The summed E-state index contributed by atoms with van der Waals surface area (Å²) < 4.78 is 0. The predicted molar refractivity (Wildman–Crippen MR) is 95.5 cm³/mol. The fourth-order valence-electron chi connectivity index (χ4n) is 2.29. The second kappa shape index (κ2) is 11.0. The molecule has 0 aliphatic carbocycles. The van der Waals surface area contributed by atoms with Crippen LogP contribution < -0.4 is 16.4 Å². The third-order valence-electron chi connectivity index (χ3n) is 3.49. The van der Waals surface area contributed by atoms with Gasteiger partial charge in [0.15, 0.2) is 0 Å². The zero-order valence-electron chi connectivity index (χ0n) is 14.1. The highest BCUT2D eigenvalue weighted by Gasteiger charge is 2.18. The van der Waals surface area contributed by atoms with E-state index in [1.54, 1.807) is 0 Å². The lowest BCUT2D eigenvalue weighted by atomic mass is 9.94. The molecule has 6 heteroatoms. The number of halogens is 1. The summed E-state index contributed by atoms with van der Waals surface area (Å²) in [7, 11) is 0. The minimum absolute atomic E-state index is 0. The van der Waals surface area contributed by atoms with Crippen LogP contribution in [0.1, 0.15) is 44.4 Å². The minimum Gasteiger partial charge on any atom is -0.348 e. The van der Waals surface area contributed by atoms with Crippen LogP contribution in [0.3, 0.4) is 0 Å². The molecule has 1 rings (SSSR count). The molecule has 0 aliphatic rings. The second-order valence-electron chi connectivity index (χ2n) is 5.76. The monoisotopic (exact) mass is 341 g/mol. The van der Waals surface area contributed by atoms with E-state index in [1.165, 1.54) is 5.56 Å². The summed E-state index contributed by atoms with van der Waals surface area (Å²) >= 11 is 0. The molecule has 0 heterocycles. The highest BCUT2D eigenvalue weighted by Crippen LogP contribution is 2.22. The van der Waals surface area contributed by atoms with Gasteiger partial charge in [0.1, 0.15) is 0 Å². The summed E-state index contributed by atoms with van der Waals surface area (Å²) in [6, 6.07) is 8.27. The Morgan fingerprint density at radius 1 is 1.13 bits per heavy atom. The Labute approximate surface area is 144 Å². The van der Waals surface area contributed by atoms with Crippen LogP contribution in [0.2, 0.25) is 0 Å². The van der Waals surface area contributed by atoms with Crippen LogP contribution in [0, 0.1) is 5.92 Å². The van der Waals surface area contributed by atoms with E-state index >= 15 is 0 Å². The number of nitrogens with two attached hydrogens (primary N) is 1. The molecule has 2 amide bonds. The van der Waals surface area contributed by atoms with Gasteiger partial charge in [-0.1, -0.05) is 51.5 Å². The molecule has 0 aliphatic heterocycles. The lowest BCUT2D eigenvalue weighted by Crippen LogP contribution is -2.41. The average molecular weight is 342 g/mol. The van der Waals surface area contributed by atoms with Crippen molar-refractivity contribution in [3.05, 3.63) is 35.4 Å². The topological polar surface area (TPSA) is 84.2 Å². The summed E-state index contributed by atoms with van der Waals surface area (Å²) in [5, 5.41) is 5.45. The van der Waals surface area contributed by atoms with Crippen molar-refractivity contribution in [1.82, 2.24) is 10.6 Å². The fourth-order valence-corrected chi connectivity index (χ4v) is 2.29. The van der Waals surface area contributed by atoms with Crippen molar-refractivity contribution in [1.29, 1.82) is 0 Å². The number of carbonyl (C=O) groups excluding carboxylic acids is 2. The van der Waals surface area contributed by atoms with E-state index in [1.807, 2.05) is 0 Å². The quantitative estimate of drug-likeness (QED) is 0.675. The first kappa shape index (κ1) is 21.4. The molecule has 4 N–H and O–H groups in total. The maximum absolute atomic E-state index is 12.0. The summed E-state index contributed by atoms with van der Waals surface area (Å²) in [6.45, 7) is 6.11. The molecule has 0 aromatic heterocycles. The number of hydrogen-bond acceptors (Lipinski definition) is 3. The maximum Gasteiger partial charge on any atom is 0.239 e. The second-order valence-corrected chi connectivity index (χ2v) is 5.76. The number of amides is 2.